The Morgan fingerprint density at radius 1 is 1.00 bits per heavy atom. The van der Waals surface area contributed by atoms with Gasteiger partial charge in [-0.2, -0.15) is 0 Å². The highest BCUT2D eigenvalue weighted by molar-refractivity contribution is 5.88. The number of carbonyl (C=O) groups is 2. The van der Waals surface area contributed by atoms with Gasteiger partial charge in [0.2, 0.25) is 5.91 Å². The fourth-order valence-corrected chi connectivity index (χ4v) is 13.0. The van der Waals surface area contributed by atoms with Gasteiger partial charge in [0.1, 0.15) is 0 Å². The molecular weight excluding hydrogens is 586 g/mol. The molecule has 1 amide bonds. The lowest BCUT2D eigenvalue weighted by Crippen LogP contribution is -2.66. The van der Waals surface area contributed by atoms with Gasteiger partial charge in [-0.15, -0.1) is 6.58 Å². The Morgan fingerprint density at radius 3 is 2.32 bits per heavy atom. The van der Waals surface area contributed by atoms with Gasteiger partial charge in [0.15, 0.2) is 0 Å². The predicted octanol–water partition coefficient (Wildman–Crippen LogP) is 7.67. The SMILES string of the molecule is C=CC12CCC3(C(=O)NCC(O)CO)CCC(C(=C)C)C3C1CCC1C3(C)CC=C(c4ccc(C(=O)O)cc4)C(C)(C)C3CCC12C. The van der Waals surface area contributed by atoms with E-state index in [1.54, 1.807) is 12.1 Å². The molecule has 5 aliphatic rings. The van der Waals surface area contributed by atoms with Crippen LogP contribution in [0.1, 0.15) is 108 Å². The summed E-state index contributed by atoms with van der Waals surface area (Å²) in [6.07, 6.45) is 12.9. The van der Waals surface area contributed by atoms with E-state index < -0.39 is 17.5 Å². The van der Waals surface area contributed by atoms with Crippen LogP contribution in [0.25, 0.3) is 5.57 Å². The monoisotopic (exact) mass is 643 g/mol. The molecule has 0 aliphatic heterocycles. The number of amides is 1. The van der Waals surface area contributed by atoms with E-state index in [1.165, 1.54) is 11.1 Å². The molecule has 6 heteroatoms. The van der Waals surface area contributed by atoms with E-state index in [-0.39, 0.29) is 52.6 Å². The van der Waals surface area contributed by atoms with Gasteiger partial charge in [0.05, 0.1) is 23.7 Å². The van der Waals surface area contributed by atoms with E-state index in [1.807, 2.05) is 12.1 Å². The van der Waals surface area contributed by atoms with Crippen molar-refractivity contribution in [2.45, 2.75) is 98.5 Å². The second kappa shape index (κ2) is 11.7. The molecule has 6 nitrogen and oxygen atoms in total. The molecule has 1 aromatic carbocycles. The third kappa shape index (κ3) is 4.78. The zero-order valence-corrected chi connectivity index (χ0v) is 29.3. The quantitative estimate of drug-likeness (QED) is 0.218. The number of aliphatic hydroxyl groups is 2. The fraction of sp³-hybridized carbons (Fsp3) is 0.659. The van der Waals surface area contributed by atoms with Crippen molar-refractivity contribution in [3.63, 3.8) is 0 Å². The number of benzene rings is 1. The molecule has 1 aromatic rings. The highest BCUT2D eigenvalue weighted by Crippen LogP contribution is 2.78. The first-order valence-corrected chi connectivity index (χ1v) is 18.0. The number of hydrogen-bond donors (Lipinski definition) is 4. The van der Waals surface area contributed by atoms with Crippen molar-refractivity contribution in [3.05, 3.63) is 66.3 Å². The molecule has 4 saturated carbocycles. The third-order valence-corrected chi connectivity index (χ3v) is 15.1. The largest absolute Gasteiger partial charge is 0.478 e. The number of fused-ring (bicyclic) bond motifs is 7. The van der Waals surface area contributed by atoms with Crippen LogP contribution in [0.5, 0.6) is 0 Å². The first kappa shape index (κ1) is 34.2. The minimum Gasteiger partial charge on any atom is -0.478 e. The zero-order chi connectivity index (χ0) is 34.2. The van der Waals surface area contributed by atoms with Crippen molar-refractivity contribution in [2.75, 3.05) is 13.2 Å². The number of allylic oxidation sites excluding steroid dienone is 4. The Balaban J connectivity index is 1.36. The van der Waals surface area contributed by atoms with Crippen LogP contribution in [-0.2, 0) is 4.79 Å². The number of aliphatic hydroxyl groups excluding tert-OH is 2. The molecule has 0 saturated heterocycles. The average Bonchev–Trinajstić information content (AvgIpc) is 3.44. The van der Waals surface area contributed by atoms with Crippen molar-refractivity contribution in [3.8, 4) is 0 Å². The van der Waals surface area contributed by atoms with E-state index in [4.69, 9.17) is 0 Å². The van der Waals surface area contributed by atoms with E-state index in [9.17, 15) is 24.9 Å². The summed E-state index contributed by atoms with van der Waals surface area (Å²) < 4.78 is 0. The molecule has 256 valence electrons. The number of rotatable bonds is 8. The maximum Gasteiger partial charge on any atom is 0.335 e. The molecule has 0 radical (unpaired) electrons. The summed E-state index contributed by atoms with van der Waals surface area (Å²) in [5.74, 6) is 0.960. The Bertz CT molecular complexity index is 1480. The molecule has 6 rings (SSSR count). The van der Waals surface area contributed by atoms with Gasteiger partial charge in [-0.1, -0.05) is 64.1 Å². The third-order valence-electron chi connectivity index (χ3n) is 15.1. The first-order valence-electron chi connectivity index (χ1n) is 18.0. The van der Waals surface area contributed by atoms with Crippen LogP contribution in [0, 0.1) is 56.7 Å². The zero-order valence-electron chi connectivity index (χ0n) is 29.3. The van der Waals surface area contributed by atoms with Gasteiger partial charge in [0.25, 0.3) is 0 Å². The number of carboxylic acids is 1. The molecule has 0 aromatic heterocycles. The number of hydrogen-bond acceptors (Lipinski definition) is 4. The topological polar surface area (TPSA) is 107 Å². The predicted molar refractivity (Wildman–Crippen MR) is 186 cm³/mol. The van der Waals surface area contributed by atoms with Gasteiger partial charge >= 0.3 is 5.97 Å². The second-order valence-electron chi connectivity index (χ2n) is 17.1. The lowest BCUT2D eigenvalue weighted by Gasteiger charge is -2.72. The Labute approximate surface area is 281 Å². The van der Waals surface area contributed by atoms with E-state index in [0.29, 0.717) is 23.3 Å². The highest BCUT2D eigenvalue weighted by Gasteiger charge is 2.72. The number of carbonyl (C=O) groups excluding carboxylic acids is 1. The smallest absolute Gasteiger partial charge is 0.335 e. The van der Waals surface area contributed by atoms with Crippen LogP contribution < -0.4 is 5.32 Å². The molecular formula is C41H57NO5. The maximum absolute atomic E-state index is 14.1. The summed E-state index contributed by atoms with van der Waals surface area (Å²) in [4.78, 5) is 25.7. The summed E-state index contributed by atoms with van der Waals surface area (Å²) in [6, 6.07) is 7.43. The van der Waals surface area contributed by atoms with Gasteiger partial charge in [-0.3, -0.25) is 4.79 Å². The highest BCUT2D eigenvalue weighted by atomic mass is 16.4. The average molecular weight is 644 g/mol. The molecule has 0 heterocycles. The standard InChI is InChI=1S/C41H57NO5/c1-8-41-22-21-40(36(47)42-23-28(44)24-43)20-15-29(25(2)3)34(40)31(41)13-14-33-38(6)18-16-30(26-9-11-27(12-10-26)35(45)46)37(4,5)32(38)17-19-39(33,41)7/h8-12,16,28-29,31-34,43-44H,1-2,13-15,17-24H2,3-7H3,(H,42,47)(H,45,46). The normalized spacial score (nSPS) is 40.8. The van der Waals surface area contributed by atoms with Crippen LogP contribution in [0.3, 0.4) is 0 Å². The van der Waals surface area contributed by atoms with E-state index >= 15 is 0 Å². The molecule has 4 fully saturated rings. The van der Waals surface area contributed by atoms with Crippen molar-refractivity contribution in [2.24, 2.45) is 56.7 Å². The summed E-state index contributed by atoms with van der Waals surface area (Å²) in [6.45, 7) is 20.8. The minimum atomic E-state index is -0.952. The Morgan fingerprint density at radius 2 is 1.70 bits per heavy atom. The van der Waals surface area contributed by atoms with Crippen LogP contribution in [0.2, 0.25) is 0 Å². The Kier molecular flexibility index (Phi) is 8.52. The van der Waals surface area contributed by atoms with E-state index in [0.717, 1.165) is 63.4 Å². The first-order chi connectivity index (χ1) is 22.1. The van der Waals surface area contributed by atoms with Crippen LogP contribution >= 0.6 is 0 Å². The molecule has 4 N–H and O–H groups in total. The molecule has 5 aliphatic carbocycles. The van der Waals surface area contributed by atoms with Crippen molar-refractivity contribution in [1.82, 2.24) is 5.32 Å². The summed E-state index contributed by atoms with van der Waals surface area (Å²) >= 11 is 0. The fourth-order valence-electron chi connectivity index (χ4n) is 13.0. The summed E-state index contributed by atoms with van der Waals surface area (Å²) in [7, 11) is 0. The number of carboxylic acid groups (broad SMARTS) is 1. The summed E-state index contributed by atoms with van der Waals surface area (Å²) in [5.41, 5.74) is 3.48. The van der Waals surface area contributed by atoms with Crippen LogP contribution in [0.4, 0.5) is 0 Å². The molecule has 10 atom stereocenters. The number of nitrogens with one attached hydrogen (secondary N) is 1. The van der Waals surface area contributed by atoms with Gasteiger partial charge in [0, 0.05) is 6.54 Å². The minimum absolute atomic E-state index is 0.0439. The van der Waals surface area contributed by atoms with Gasteiger partial charge in [-0.05, 0) is 139 Å². The lowest BCUT2D eigenvalue weighted by molar-refractivity contribution is -0.213. The van der Waals surface area contributed by atoms with Crippen molar-refractivity contribution < 1.29 is 24.9 Å². The van der Waals surface area contributed by atoms with Gasteiger partial charge < -0.3 is 20.6 Å². The molecule has 0 bridgehead atoms. The maximum atomic E-state index is 14.1. The van der Waals surface area contributed by atoms with Crippen LogP contribution in [-0.4, -0.2) is 46.5 Å². The summed E-state index contributed by atoms with van der Waals surface area (Å²) in [5, 5.41) is 32.0. The molecule has 0 spiro atoms. The Hall–Kier alpha value is -2.70. The van der Waals surface area contributed by atoms with E-state index in [2.05, 4.69) is 65.2 Å². The second-order valence-corrected chi connectivity index (χ2v) is 17.1. The number of aromatic carboxylic acids is 1. The van der Waals surface area contributed by atoms with Crippen molar-refractivity contribution >= 4 is 17.4 Å². The molecule has 47 heavy (non-hydrogen) atoms. The van der Waals surface area contributed by atoms with Crippen molar-refractivity contribution in [1.29, 1.82) is 0 Å². The van der Waals surface area contributed by atoms with Crippen LogP contribution in [0.15, 0.2) is 55.1 Å². The lowest BCUT2D eigenvalue weighted by atomic mass is 9.32. The van der Waals surface area contributed by atoms with Gasteiger partial charge in [-0.25, -0.2) is 4.79 Å². The molecule has 10 unspecified atom stereocenters.